The Morgan fingerprint density at radius 2 is 2.29 bits per heavy atom. The van der Waals surface area contributed by atoms with Crippen LogP contribution in [0.2, 0.25) is 5.02 Å². The molecule has 1 atom stereocenters. The van der Waals surface area contributed by atoms with Crippen molar-refractivity contribution in [2.75, 3.05) is 7.11 Å². The van der Waals surface area contributed by atoms with Crippen LogP contribution in [-0.4, -0.2) is 18.0 Å². The maximum Gasteiger partial charge on any atom is 0.307 e. The van der Waals surface area contributed by atoms with Crippen LogP contribution in [0.15, 0.2) is 18.2 Å². The Bertz CT molecular complexity index is 450. The summed E-state index contributed by atoms with van der Waals surface area (Å²) in [7, 11) is 1.25. The number of ether oxygens (including phenoxy) is 1. The van der Waals surface area contributed by atoms with Crippen LogP contribution < -0.4 is 5.73 Å². The molecule has 1 aromatic carbocycles. The van der Waals surface area contributed by atoms with Gasteiger partial charge in [-0.3, -0.25) is 14.9 Å². The van der Waals surface area contributed by atoms with Gasteiger partial charge in [0.1, 0.15) is 5.02 Å². The molecule has 0 aromatic heterocycles. The second-order valence-corrected chi connectivity index (χ2v) is 3.76. The third-order valence-electron chi connectivity index (χ3n) is 2.21. The Balaban J connectivity index is 2.95. The van der Waals surface area contributed by atoms with Gasteiger partial charge in [0, 0.05) is 12.1 Å². The molecule has 0 aliphatic carbocycles. The van der Waals surface area contributed by atoms with Crippen molar-refractivity contribution in [1.29, 1.82) is 0 Å². The number of rotatable bonds is 4. The number of nitrogens with zero attached hydrogens (tertiary/aromatic N) is 1. The fourth-order valence-corrected chi connectivity index (χ4v) is 1.47. The smallest absolute Gasteiger partial charge is 0.307 e. The van der Waals surface area contributed by atoms with Gasteiger partial charge in [-0.05, 0) is 11.6 Å². The predicted molar refractivity (Wildman–Crippen MR) is 61.7 cm³/mol. The Kier molecular flexibility index (Phi) is 4.42. The fraction of sp³-hybridized carbons (Fsp3) is 0.300. The van der Waals surface area contributed by atoms with Crippen LogP contribution in [0.3, 0.4) is 0 Å². The zero-order valence-corrected chi connectivity index (χ0v) is 9.81. The lowest BCUT2D eigenvalue weighted by molar-refractivity contribution is -0.384. The first-order valence-corrected chi connectivity index (χ1v) is 5.09. The van der Waals surface area contributed by atoms with Gasteiger partial charge in [-0.1, -0.05) is 17.7 Å². The quantitative estimate of drug-likeness (QED) is 0.505. The molecule has 0 amide bonds. The SMILES string of the molecule is COC(=O)C[C@H](N)c1ccc(Cl)c([N+](=O)[O-])c1. The summed E-state index contributed by atoms with van der Waals surface area (Å²) in [6.45, 7) is 0. The summed E-state index contributed by atoms with van der Waals surface area (Å²) in [6.07, 6.45) is -0.0463. The third-order valence-corrected chi connectivity index (χ3v) is 2.53. The number of benzene rings is 1. The second-order valence-electron chi connectivity index (χ2n) is 3.35. The first-order valence-electron chi connectivity index (χ1n) is 4.72. The summed E-state index contributed by atoms with van der Waals surface area (Å²) in [4.78, 5) is 21.1. The number of nitrogens with two attached hydrogens (primary N) is 1. The summed E-state index contributed by atoms with van der Waals surface area (Å²) in [6, 6.07) is 3.53. The number of carbonyl (C=O) groups excluding carboxylic acids is 1. The van der Waals surface area contributed by atoms with E-state index in [-0.39, 0.29) is 17.1 Å². The van der Waals surface area contributed by atoms with Gasteiger partial charge in [0.25, 0.3) is 5.69 Å². The molecule has 0 heterocycles. The van der Waals surface area contributed by atoms with E-state index < -0.39 is 16.9 Å². The maximum atomic E-state index is 11.0. The number of nitro benzene ring substituents is 1. The molecule has 17 heavy (non-hydrogen) atoms. The van der Waals surface area contributed by atoms with Gasteiger partial charge in [0.2, 0.25) is 0 Å². The van der Waals surface area contributed by atoms with Gasteiger partial charge >= 0.3 is 5.97 Å². The molecular formula is C10H11ClN2O4. The average Bonchev–Trinajstić information content (AvgIpc) is 2.28. The number of esters is 1. The Labute approximate surface area is 102 Å². The molecule has 0 fully saturated rings. The fourth-order valence-electron chi connectivity index (χ4n) is 1.28. The highest BCUT2D eigenvalue weighted by Crippen LogP contribution is 2.28. The summed E-state index contributed by atoms with van der Waals surface area (Å²) >= 11 is 5.65. The van der Waals surface area contributed by atoms with E-state index in [0.29, 0.717) is 5.56 Å². The van der Waals surface area contributed by atoms with E-state index in [1.807, 2.05) is 0 Å². The summed E-state index contributed by atoms with van der Waals surface area (Å²) in [5.74, 6) is -0.477. The normalized spacial score (nSPS) is 11.9. The van der Waals surface area contributed by atoms with Crippen LogP contribution >= 0.6 is 11.6 Å². The number of hydrogen-bond acceptors (Lipinski definition) is 5. The molecule has 0 saturated carbocycles. The average molecular weight is 259 g/mol. The lowest BCUT2D eigenvalue weighted by Crippen LogP contribution is -2.16. The van der Waals surface area contributed by atoms with E-state index in [9.17, 15) is 14.9 Å². The molecule has 2 N–H and O–H groups in total. The van der Waals surface area contributed by atoms with Crippen LogP contribution in [0.4, 0.5) is 5.69 Å². The highest BCUT2D eigenvalue weighted by Gasteiger charge is 2.17. The van der Waals surface area contributed by atoms with E-state index in [1.165, 1.54) is 19.2 Å². The molecule has 0 aliphatic rings. The van der Waals surface area contributed by atoms with Crippen molar-refractivity contribution < 1.29 is 14.5 Å². The van der Waals surface area contributed by atoms with Crippen molar-refractivity contribution in [1.82, 2.24) is 0 Å². The number of nitro groups is 1. The van der Waals surface area contributed by atoms with E-state index >= 15 is 0 Å². The molecule has 0 spiro atoms. The summed E-state index contributed by atoms with van der Waals surface area (Å²) in [5.41, 5.74) is 5.96. The molecule has 0 saturated heterocycles. The Morgan fingerprint density at radius 3 is 2.82 bits per heavy atom. The number of hydrogen-bond donors (Lipinski definition) is 1. The minimum atomic E-state index is -0.654. The maximum absolute atomic E-state index is 11.0. The van der Waals surface area contributed by atoms with E-state index in [0.717, 1.165) is 0 Å². The molecule has 7 heteroatoms. The highest BCUT2D eigenvalue weighted by atomic mass is 35.5. The highest BCUT2D eigenvalue weighted by molar-refractivity contribution is 6.32. The van der Waals surface area contributed by atoms with Gasteiger partial charge in [0.15, 0.2) is 0 Å². The van der Waals surface area contributed by atoms with Crippen LogP contribution in [0, 0.1) is 10.1 Å². The minimum Gasteiger partial charge on any atom is -0.469 e. The second kappa shape index (κ2) is 5.60. The molecule has 0 aliphatic heterocycles. The third kappa shape index (κ3) is 3.40. The molecule has 0 bridgehead atoms. The van der Waals surface area contributed by atoms with E-state index in [4.69, 9.17) is 17.3 Å². The first-order chi connectivity index (χ1) is 7.95. The van der Waals surface area contributed by atoms with Crippen molar-refractivity contribution in [3.05, 3.63) is 38.9 Å². The van der Waals surface area contributed by atoms with Gasteiger partial charge in [-0.25, -0.2) is 0 Å². The monoisotopic (exact) mass is 258 g/mol. The van der Waals surface area contributed by atoms with Crippen molar-refractivity contribution in [2.45, 2.75) is 12.5 Å². The molecule has 6 nitrogen and oxygen atoms in total. The lowest BCUT2D eigenvalue weighted by Gasteiger charge is -2.10. The van der Waals surface area contributed by atoms with E-state index in [1.54, 1.807) is 6.07 Å². The van der Waals surface area contributed by atoms with Gasteiger partial charge in [-0.15, -0.1) is 0 Å². The van der Waals surface area contributed by atoms with Crippen LogP contribution in [-0.2, 0) is 9.53 Å². The van der Waals surface area contributed by atoms with Gasteiger partial charge in [0.05, 0.1) is 18.5 Å². The standard InChI is InChI=1S/C10H11ClN2O4/c1-17-10(14)5-8(12)6-2-3-7(11)9(4-6)13(15)16/h2-4,8H,5,12H2,1H3/t8-/m0/s1. The van der Waals surface area contributed by atoms with Crippen LogP contribution in [0.5, 0.6) is 0 Å². The van der Waals surface area contributed by atoms with Crippen LogP contribution in [0.1, 0.15) is 18.0 Å². The van der Waals surface area contributed by atoms with Crippen molar-refractivity contribution >= 4 is 23.3 Å². The zero-order valence-electron chi connectivity index (χ0n) is 9.05. The van der Waals surface area contributed by atoms with E-state index in [2.05, 4.69) is 4.74 Å². The van der Waals surface area contributed by atoms with Crippen molar-refractivity contribution in [3.63, 3.8) is 0 Å². The predicted octanol–water partition coefficient (Wildman–Crippen LogP) is 1.81. The zero-order chi connectivity index (χ0) is 13.0. The molecular weight excluding hydrogens is 248 g/mol. The minimum absolute atomic E-state index is 0.0315. The topological polar surface area (TPSA) is 95.5 Å². The summed E-state index contributed by atoms with van der Waals surface area (Å²) < 4.78 is 4.46. The molecule has 0 unspecified atom stereocenters. The van der Waals surface area contributed by atoms with Gasteiger partial charge < -0.3 is 10.5 Å². The number of halogens is 1. The molecule has 0 radical (unpaired) electrons. The van der Waals surface area contributed by atoms with Gasteiger partial charge in [-0.2, -0.15) is 0 Å². The molecule has 1 aromatic rings. The van der Waals surface area contributed by atoms with Crippen LogP contribution in [0.25, 0.3) is 0 Å². The summed E-state index contributed by atoms with van der Waals surface area (Å²) in [5, 5.41) is 10.7. The number of carbonyl (C=O) groups is 1. The first kappa shape index (κ1) is 13.4. The molecule has 1 rings (SSSR count). The van der Waals surface area contributed by atoms with Crippen molar-refractivity contribution in [2.24, 2.45) is 5.73 Å². The van der Waals surface area contributed by atoms with Crippen molar-refractivity contribution in [3.8, 4) is 0 Å². The Morgan fingerprint density at radius 1 is 1.65 bits per heavy atom. The largest absolute Gasteiger partial charge is 0.469 e. The number of methoxy groups -OCH3 is 1. The Hall–Kier alpha value is -1.66. The molecule has 92 valence electrons. The lowest BCUT2D eigenvalue weighted by atomic mass is 10.0.